The number of halogens is 3. The van der Waals surface area contributed by atoms with Crippen LogP contribution in [0.25, 0.3) is 0 Å². The minimum atomic E-state index is -0.975. The van der Waals surface area contributed by atoms with Crippen molar-refractivity contribution in [1.82, 2.24) is 10.8 Å². The molecule has 0 aliphatic carbocycles. The van der Waals surface area contributed by atoms with Crippen LogP contribution >= 0.6 is 0 Å². The Hall–Kier alpha value is -3.31. The molecular formula is C20H21F3N4O4. The van der Waals surface area contributed by atoms with Gasteiger partial charge < -0.3 is 20.5 Å². The minimum absolute atomic E-state index is 0.0147. The minimum Gasteiger partial charge on any atom is -0.497 e. The van der Waals surface area contributed by atoms with Gasteiger partial charge in [-0.2, -0.15) is 0 Å². The molecule has 2 amide bonds. The van der Waals surface area contributed by atoms with E-state index in [1.54, 1.807) is 0 Å². The molecule has 166 valence electrons. The largest absolute Gasteiger partial charge is 0.497 e. The fraction of sp³-hybridized carbons (Fsp3) is 0.300. The van der Waals surface area contributed by atoms with Gasteiger partial charge in [0.1, 0.15) is 29.0 Å². The molecule has 2 unspecified atom stereocenters. The number of amides is 2. The average Bonchev–Trinajstić information content (AvgIpc) is 3.11. The van der Waals surface area contributed by atoms with Crippen LogP contribution in [0.4, 0.5) is 23.7 Å². The SMILES string of the molecule is COc1cc(F)c(C2CN=C(NOCCO)C2NC(=O)Nc2ccc(F)cc2)c(F)c1. The normalized spacial score (nSPS) is 17.8. The van der Waals surface area contributed by atoms with E-state index in [0.29, 0.717) is 5.69 Å². The zero-order valence-corrected chi connectivity index (χ0v) is 16.5. The number of ether oxygens (including phenoxy) is 1. The van der Waals surface area contributed by atoms with Gasteiger partial charge in [0.25, 0.3) is 0 Å². The Morgan fingerprint density at radius 2 is 1.87 bits per heavy atom. The van der Waals surface area contributed by atoms with E-state index in [0.717, 1.165) is 12.1 Å². The molecule has 1 heterocycles. The lowest BCUT2D eigenvalue weighted by Crippen LogP contribution is -2.49. The Kier molecular flexibility index (Phi) is 7.32. The molecule has 2 aromatic rings. The molecule has 2 aromatic carbocycles. The number of methoxy groups -OCH3 is 1. The molecule has 11 heteroatoms. The number of nitrogens with zero attached hydrogens (tertiary/aromatic N) is 1. The van der Waals surface area contributed by atoms with Crippen molar-refractivity contribution < 1.29 is 32.6 Å². The number of nitrogens with one attached hydrogen (secondary N) is 3. The number of benzene rings is 2. The van der Waals surface area contributed by atoms with Gasteiger partial charge >= 0.3 is 6.03 Å². The van der Waals surface area contributed by atoms with E-state index in [-0.39, 0.29) is 36.9 Å². The van der Waals surface area contributed by atoms with Gasteiger partial charge in [0.05, 0.1) is 32.9 Å². The third kappa shape index (κ3) is 5.44. The molecule has 0 saturated heterocycles. The van der Waals surface area contributed by atoms with Crippen molar-refractivity contribution >= 4 is 17.6 Å². The van der Waals surface area contributed by atoms with Gasteiger partial charge in [-0.15, -0.1) is 0 Å². The van der Waals surface area contributed by atoms with Crippen LogP contribution < -0.4 is 20.9 Å². The van der Waals surface area contributed by atoms with Crippen molar-refractivity contribution in [3.8, 4) is 5.75 Å². The maximum atomic E-state index is 14.7. The number of aliphatic imine (C=N–C) groups is 1. The maximum absolute atomic E-state index is 14.7. The quantitative estimate of drug-likeness (QED) is 0.392. The van der Waals surface area contributed by atoms with Crippen LogP contribution in [0.2, 0.25) is 0 Å². The molecule has 0 spiro atoms. The summed E-state index contributed by atoms with van der Waals surface area (Å²) in [4.78, 5) is 21.7. The zero-order valence-electron chi connectivity index (χ0n) is 16.5. The lowest BCUT2D eigenvalue weighted by molar-refractivity contribution is 0.0517. The maximum Gasteiger partial charge on any atom is 0.319 e. The number of aliphatic hydroxyl groups excluding tert-OH is 1. The fourth-order valence-electron chi connectivity index (χ4n) is 3.16. The molecule has 31 heavy (non-hydrogen) atoms. The number of carbonyl (C=O) groups is 1. The second-order valence-electron chi connectivity index (χ2n) is 6.59. The van der Waals surface area contributed by atoms with Crippen molar-refractivity contribution in [3.63, 3.8) is 0 Å². The number of hydroxylamine groups is 1. The first-order valence-corrected chi connectivity index (χ1v) is 9.32. The number of aliphatic hydroxyl groups is 1. The molecule has 1 aliphatic rings. The number of carbonyl (C=O) groups excluding carboxylic acids is 1. The van der Waals surface area contributed by atoms with Crippen molar-refractivity contribution in [2.75, 3.05) is 32.2 Å². The second kappa shape index (κ2) is 10.1. The number of amidine groups is 1. The van der Waals surface area contributed by atoms with Crippen molar-refractivity contribution in [2.45, 2.75) is 12.0 Å². The van der Waals surface area contributed by atoms with Gasteiger partial charge in [0, 0.05) is 29.3 Å². The third-order valence-electron chi connectivity index (χ3n) is 4.57. The Bertz CT molecular complexity index is 933. The number of rotatable bonds is 7. The average molecular weight is 438 g/mol. The first kappa shape index (κ1) is 22.4. The monoisotopic (exact) mass is 438 g/mol. The van der Waals surface area contributed by atoms with Crippen LogP contribution in [0.1, 0.15) is 11.5 Å². The zero-order chi connectivity index (χ0) is 22.4. The van der Waals surface area contributed by atoms with Crippen LogP contribution in [-0.4, -0.2) is 49.9 Å². The van der Waals surface area contributed by atoms with Gasteiger partial charge in [-0.05, 0) is 24.3 Å². The molecule has 0 radical (unpaired) electrons. The van der Waals surface area contributed by atoms with E-state index < -0.39 is 35.4 Å². The van der Waals surface area contributed by atoms with E-state index in [1.807, 2.05) is 0 Å². The number of hydrogen-bond acceptors (Lipinski definition) is 6. The van der Waals surface area contributed by atoms with Crippen molar-refractivity contribution in [2.24, 2.45) is 4.99 Å². The van der Waals surface area contributed by atoms with E-state index in [1.165, 1.54) is 31.4 Å². The van der Waals surface area contributed by atoms with Gasteiger partial charge in [0.2, 0.25) is 0 Å². The van der Waals surface area contributed by atoms with Crippen LogP contribution in [0.5, 0.6) is 5.75 Å². The highest BCUT2D eigenvalue weighted by atomic mass is 19.1. The van der Waals surface area contributed by atoms with E-state index in [9.17, 15) is 18.0 Å². The van der Waals surface area contributed by atoms with Gasteiger partial charge in [-0.3, -0.25) is 15.3 Å². The Labute approximate surface area is 176 Å². The molecule has 0 saturated carbocycles. The number of hydrogen-bond donors (Lipinski definition) is 4. The van der Waals surface area contributed by atoms with Gasteiger partial charge in [-0.25, -0.2) is 18.0 Å². The van der Waals surface area contributed by atoms with Gasteiger partial charge in [-0.1, -0.05) is 0 Å². The summed E-state index contributed by atoms with van der Waals surface area (Å²) in [5.74, 6) is -2.90. The van der Waals surface area contributed by atoms with Crippen molar-refractivity contribution in [3.05, 3.63) is 59.4 Å². The topological polar surface area (TPSA) is 104 Å². The summed E-state index contributed by atoms with van der Waals surface area (Å²) in [6.45, 7) is -0.371. The molecule has 0 aromatic heterocycles. The Balaban J connectivity index is 1.82. The summed E-state index contributed by atoms with van der Waals surface area (Å²) in [6, 6.07) is 5.48. The Morgan fingerprint density at radius 1 is 1.19 bits per heavy atom. The summed E-state index contributed by atoms with van der Waals surface area (Å²) in [5.41, 5.74) is 2.55. The van der Waals surface area contributed by atoms with Crippen molar-refractivity contribution in [1.29, 1.82) is 0 Å². The number of urea groups is 1. The highest BCUT2D eigenvalue weighted by Crippen LogP contribution is 2.32. The molecule has 0 fully saturated rings. The first-order chi connectivity index (χ1) is 14.9. The predicted molar refractivity (Wildman–Crippen MR) is 106 cm³/mol. The highest BCUT2D eigenvalue weighted by Gasteiger charge is 2.38. The summed E-state index contributed by atoms with van der Waals surface area (Å²) in [6.07, 6.45) is 0. The highest BCUT2D eigenvalue weighted by molar-refractivity contribution is 5.96. The molecule has 8 nitrogen and oxygen atoms in total. The molecule has 2 atom stereocenters. The van der Waals surface area contributed by atoms with E-state index >= 15 is 0 Å². The Morgan fingerprint density at radius 3 is 2.48 bits per heavy atom. The van der Waals surface area contributed by atoms with Crippen LogP contribution in [0, 0.1) is 17.5 Å². The van der Waals surface area contributed by atoms with Crippen LogP contribution in [0.3, 0.4) is 0 Å². The first-order valence-electron chi connectivity index (χ1n) is 9.32. The smallest absolute Gasteiger partial charge is 0.319 e. The molecular weight excluding hydrogens is 417 g/mol. The lowest BCUT2D eigenvalue weighted by Gasteiger charge is -2.24. The van der Waals surface area contributed by atoms with Crippen LogP contribution in [0.15, 0.2) is 41.4 Å². The second-order valence-corrected chi connectivity index (χ2v) is 6.59. The molecule has 0 bridgehead atoms. The summed E-state index contributed by atoms with van der Waals surface area (Å²) >= 11 is 0. The lowest BCUT2D eigenvalue weighted by atomic mass is 9.92. The van der Waals surface area contributed by atoms with E-state index in [4.69, 9.17) is 14.7 Å². The third-order valence-corrected chi connectivity index (χ3v) is 4.57. The predicted octanol–water partition coefficient (Wildman–Crippen LogP) is 2.31. The van der Waals surface area contributed by atoms with E-state index in [2.05, 4.69) is 21.1 Å². The van der Waals surface area contributed by atoms with Crippen LogP contribution in [-0.2, 0) is 4.84 Å². The molecule has 3 rings (SSSR count). The van der Waals surface area contributed by atoms with Gasteiger partial charge in [0.15, 0.2) is 0 Å². The summed E-state index contributed by atoms with van der Waals surface area (Å²) in [7, 11) is 1.29. The number of anilines is 1. The standard InChI is InChI=1S/C20H21F3N4O4/c1-30-13-8-15(22)17(16(23)9-13)14-10-24-19(27-31-7-6-28)18(14)26-20(29)25-12-4-2-11(21)3-5-12/h2-5,8-9,14,18,28H,6-7,10H2,1H3,(H,24,27)(H2,25,26,29). The summed E-state index contributed by atoms with van der Waals surface area (Å²) < 4.78 is 47.2. The molecule has 4 N–H and O–H groups in total. The summed E-state index contributed by atoms with van der Waals surface area (Å²) in [5, 5.41) is 14.0. The molecule has 1 aliphatic heterocycles. The fourth-order valence-corrected chi connectivity index (χ4v) is 3.16.